The van der Waals surface area contributed by atoms with E-state index in [-0.39, 0.29) is 28.8 Å². The van der Waals surface area contributed by atoms with Crippen molar-refractivity contribution in [3.8, 4) is 11.5 Å². The van der Waals surface area contributed by atoms with Crippen LogP contribution in [0.4, 0.5) is 0 Å². The number of amides is 1. The molecule has 0 saturated carbocycles. The summed E-state index contributed by atoms with van der Waals surface area (Å²) in [5, 5.41) is 12.6. The molecule has 1 amide bonds. The van der Waals surface area contributed by atoms with E-state index in [0.717, 1.165) is 48.7 Å². The number of carboxylic acids is 1. The highest BCUT2D eigenvalue weighted by Crippen LogP contribution is 2.33. The van der Waals surface area contributed by atoms with Crippen molar-refractivity contribution >= 4 is 40.7 Å². The molecule has 2 N–H and O–H groups in total. The van der Waals surface area contributed by atoms with Gasteiger partial charge in [-0.05, 0) is 52.9 Å². The standard InChI is InChI=1S/C29H26Cl2N2O5/c30-22-2-1-3-23(31)27(22)28(34)32-24(29(35)36)14-18-4-7-20(8-5-18)21-10-12-33(13-11-21)16-19-6-9-25-26(15-19)38-17-37-25/h1-10,15,24H,11-14,16-17H2,(H,32,34)(H,35,36)/t24-/m0/s1. The number of halogens is 2. The molecule has 196 valence electrons. The van der Waals surface area contributed by atoms with Crippen LogP contribution >= 0.6 is 23.2 Å². The summed E-state index contributed by atoms with van der Waals surface area (Å²) in [4.78, 5) is 26.9. The second kappa shape index (κ2) is 11.5. The molecule has 0 unspecified atom stereocenters. The van der Waals surface area contributed by atoms with Crippen molar-refractivity contribution in [3.05, 3.63) is 99.0 Å². The summed E-state index contributed by atoms with van der Waals surface area (Å²) in [5.74, 6) is -0.168. The predicted octanol–water partition coefficient (Wildman–Crippen LogP) is 5.44. The maximum absolute atomic E-state index is 12.7. The fourth-order valence-electron chi connectivity index (χ4n) is 4.65. The van der Waals surface area contributed by atoms with E-state index in [2.05, 4.69) is 22.4 Å². The van der Waals surface area contributed by atoms with Gasteiger partial charge in [0, 0.05) is 26.1 Å². The maximum Gasteiger partial charge on any atom is 0.326 e. The molecule has 5 rings (SSSR count). The van der Waals surface area contributed by atoms with E-state index in [9.17, 15) is 14.7 Å². The van der Waals surface area contributed by atoms with Crippen LogP contribution in [0, 0.1) is 0 Å². The number of nitrogens with zero attached hydrogens (tertiary/aromatic N) is 1. The zero-order chi connectivity index (χ0) is 26.6. The van der Waals surface area contributed by atoms with Gasteiger partial charge in [-0.3, -0.25) is 9.69 Å². The molecular formula is C29H26Cl2N2O5. The molecule has 2 heterocycles. The number of carbonyl (C=O) groups excluding carboxylic acids is 1. The average molecular weight is 553 g/mol. The molecule has 1 atom stereocenters. The van der Waals surface area contributed by atoms with Crippen LogP contribution in [0.25, 0.3) is 5.57 Å². The molecule has 7 nitrogen and oxygen atoms in total. The number of aliphatic carboxylic acids is 1. The van der Waals surface area contributed by atoms with Crippen LogP contribution in [0.5, 0.6) is 11.5 Å². The van der Waals surface area contributed by atoms with Crippen LogP contribution < -0.4 is 14.8 Å². The van der Waals surface area contributed by atoms with E-state index in [1.165, 1.54) is 23.3 Å². The molecule has 3 aromatic rings. The predicted molar refractivity (Wildman–Crippen MR) is 146 cm³/mol. The van der Waals surface area contributed by atoms with Crippen LogP contribution in [0.2, 0.25) is 10.0 Å². The number of rotatable bonds is 8. The van der Waals surface area contributed by atoms with E-state index < -0.39 is 17.9 Å². The lowest BCUT2D eigenvalue weighted by Gasteiger charge is -2.26. The van der Waals surface area contributed by atoms with E-state index in [4.69, 9.17) is 32.7 Å². The molecule has 0 bridgehead atoms. The van der Waals surface area contributed by atoms with Gasteiger partial charge in [-0.1, -0.05) is 65.7 Å². The summed E-state index contributed by atoms with van der Waals surface area (Å²) < 4.78 is 10.9. The molecule has 9 heteroatoms. The van der Waals surface area contributed by atoms with Crippen molar-refractivity contribution in [2.75, 3.05) is 19.9 Å². The van der Waals surface area contributed by atoms with Crippen LogP contribution in [0.3, 0.4) is 0 Å². The molecule has 0 aromatic heterocycles. The fourth-order valence-corrected chi connectivity index (χ4v) is 5.22. The minimum Gasteiger partial charge on any atom is -0.480 e. The Kier molecular flexibility index (Phi) is 7.88. The molecule has 0 spiro atoms. The summed E-state index contributed by atoms with van der Waals surface area (Å²) in [7, 11) is 0. The third kappa shape index (κ3) is 5.96. The highest BCUT2D eigenvalue weighted by Gasteiger charge is 2.24. The van der Waals surface area contributed by atoms with Crippen molar-refractivity contribution in [1.29, 1.82) is 0 Å². The zero-order valence-electron chi connectivity index (χ0n) is 20.5. The molecule has 0 saturated heterocycles. The Labute approximate surface area is 230 Å². The lowest BCUT2D eigenvalue weighted by atomic mass is 9.96. The Hall–Kier alpha value is -3.52. The van der Waals surface area contributed by atoms with Crippen molar-refractivity contribution in [2.45, 2.75) is 25.4 Å². The summed E-state index contributed by atoms with van der Waals surface area (Å²) in [6.07, 6.45) is 3.28. The Morgan fingerprint density at radius 2 is 1.68 bits per heavy atom. The summed E-state index contributed by atoms with van der Waals surface area (Å²) in [6.45, 7) is 2.88. The Bertz CT molecular complexity index is 1370. The molecule has 0 aliphatic carbocycles. The molecule has 0 fully saturated rings. The largest absolute Gasteiger partial charge is 0.480 e. The van der Waals surface area contributed by atoms with E-state index in [1.54, 1.807) is 6.07 Å². The first-order valence-corrected chi connectivity index (χ1v) is 13.0. The lowest BCUT2D eigenvalue weighted by Crippen LogP contribution is -2.42. The fraction of sp³-hybridized carbons (Fsp3) is 0.241. The van der Waals surface area contributed by atoms with Gasteiger partial charge in [-0.2, -0.15) is 0 Å². The van der Waals surface area contributed by atoms with Crippen LogP contribution in [0.15, 0.2) is 66.7 Å². The Balaban J connectivity index is 1.19. The minimum atomic E-state index is -1.14. The van der Waals surface area contributed by atoms with Gasteiger partial charge in [-0.25, -0.2) is 4.79 Å². The number of benzene rings is 3. The SMILES string of the molecule is O=C(N[C@@H](Cc1ccc(C2=CCN(Cc3ccc4c(c3)OCO4)CC2)cc1)C(=O)O)c1c(Cl)cccc1Cl. The summed E-state index contributed by atoms with van der Waals surface area (Å²) in [5.41, 5.74) is 4.42. The Morgan fingerprint density at radius 1 is 0.974 bits per heavy atom. The normalized spacial score (nSPS) is 15.6. The van der Waals surface area contributed by atoms with Crippen LogP contribution in [-0.2, 0) is 17.8 Å². The second-order valence-corrected chi connectivity index (χ2v) is 10.1. The first-order chi connectivity index (χ1) is 18.4. The molecule has 0 radical (unpaired) electrons. The highest BCUT2D eigenvalue weighted by atomic mass is 35.5. The number of carboxylic acid groups (broad SMARTS) is 1. The van der Waals surface area contributed by atoms with Crippen molar-refractivity contribution < 1.29 is 24.2 Å². The molecule has 3 aromatic carbocycles. The third-order valence-electron chi connectivity index (χ3n) is 6.69. The topological polar surface area (TPSA) is 88.1 Å². The van der Waals surface area contributed by atoms with Gasteiger partial charge in [0.05, 0.1) is 15.6 Å². The molecular weight excluding hydrogens is 527 g/mol. The molecule has 2 aliphatic heterocycles. The molecule has 2 aliphatic rings. The van der Waals surface area contributed by atoms with Crippen LogP contribution in [-0.4, -0.2) is 47.8 Å². The van der Waals surface area contributed by atoms with E-state index in [1.807, 2.05) is 36.4 Å². The number of ether oxygens (including phenoxy) is 2. The number of hydrogen-bond acceptors (Lipinski definition) is 5. The average Bonchev–Trinajstić information content (AvgIpc) is 3.37. The number of fused-ring (bicyclic) bond motifs is 1. The van der Waals surface area contributed by atoms with Crippen molar-refractivity contribution in [3.63, 3.8) is 0 Å². The third-order valence-corrected chi connectivity index (χ3v) is 7.32. The first-order valence-electron chi connectivity index (χ1n) is 12.2. The van der Waals surface area contributed by atoms with Gasteiger partial charge in [0.1, 0.15) is 6.04 Å². The van der Waals surface area contributed by atoms with Gasteiger partial charge in [-0.15, -0.1) is 0 Å². The smallest absolute Gasteiger partial charge is 0.326 e. The lowest BCUT2D eigenvalue weighted by molar-refractivity contribution is -0.139. The summed E-state index contributed by atoms with van der Waals surface area (Å²) in [6, 6.07) is 17.4. The Morgan fingerprint density at radius 3 is 2.37 bits per heavy atom. The quantitative estimate of drug-likeness (QED) is 0.387. The van der Waals surface area contributed by atoms with E-state index >= 15 is 0 Å². The maximum atomic E-state index is 12.7. The van der Waals surface area contributed by atoms with Gasteiger partial charge in [0.25, 0.3) is 5.91 Å². The van der Waals surface area contributed by atoms with Crippen molar-refractivity contribution in [1.82, 2.24) is 10.2 Å². The molecule has 38 heavy (non-hydrogen) atoms. The van der Waals surface area contributed by atoms with Gasteiger partial charge >= 0.3 is 5.97 Å². The van der Waals surface area contributed by atoms with Gasteiger partial charge in [0.2, 0.25) is 6.79 Å². The second-order valence-electron chi connectivity index (χ2n) is 9.26. The summed E-state index contributed by atoms with van der Waals surface area (Å²) >= 11 is 12.2. The first kappa shape index (κ1) is 26.1. The highest BCUT2D eigenvalue weighted by molar-refractivity contribution is 6.39. The number of carbonyl (C=O) groups is 2. The minimum absolute atomic E-state index is 0.0641. The van der Waals surface area contributed by atoms with Crippen molar-refractivity contribution in [2.24, 2.45) is 0 Å². The van der Waals surface area contributed by atoms with Gasteiger partial charge < -0.3 is 19.9 Å². The number of hydrogen-bond donors (Lipinski definition) is 2. The van der Waals surface area contributed by atoms with Crippen LogP contribution in [0.1, 0.15) is 33.5 Å². The van der Waals surface area contributed by atoms with E-state index in [0.29, 0.717) is 0 Å². The monoisotopic (exact) mass is 552 g/mol. The zero-order valence-corrected chi connectivity index (χ0v) is 22.0. The number of nitrogens with one attached hydrogen (secondary N) is 1. The van der Waals surface area contributed by atoms with Gasteiger partial charge in [0.15, 0.2) is 11.5 Å².